The Balaban J connectivity index is 0.000000192. The zero-order chi connectivity index (χ0) is 17.8. The molecule has 126 valence electrons. The zero-order valence-corrected chi connectivity index (χ0v) is 16.0. The van der Waals surface area contributed by atoms with E-state index in [1.807, 2.05) is 37.3 Å². The topological polar surface area (TPSA) is 41.8 Å². The third-order valence-electron chi connectivity index (χ3n) is 3.99. The predicted molar refractivity (Wildman–Crippen MR) is 112 cm³/mol. The van der Waals surface area contributed by atoms with Gasteiger partial charge in [0, 0.05) is 26.8 Å². The molecule has 0 bridgehead atoms. The van der Waals surface area contributed by atoms with Crippen molar-refractivity contribution in [2.24, 2.45) is 0 Å². The van der Waals surface area contributed by atoms with Crippen molar-refractivity contribution in [2.75, 3.05) is 5.73 Å². The molecule has 4 aromatic rings. The number of anilines is 1. The molecule has 1 aromatic heterocycles. The van der Waals surface area contributed by atoms with Crippen LogP contribution in [0.25, 0.3) is 22.2 Å². The highest BCUT2D eigenvalue weighted by Crippen LogP contribution is 2.26. The third kappa shape index (κ3) is 4.52. The van der Waals surface area contributed by atoms with Gasteiger partial charge in [-0.15, -0.1) is 0 Å². The van der Waals surface area contributed by atoms with Gasteiger partial charge in [-0.3, -0.25) is 0 Å². The van der Waals surface area contributed by atoms with Crippen molar-refractivity contribution >= 4 is 32.5 Å². The van der Waals surface area contributed by atoms with E-state index in [0.29, 0.717) is 0 Å². The molecule has 0 fully saturated rings. The number of benzene rings is 3. The molecule has 4 rings (SSSR count). The largest absolute Gasteiger partial charge is 0.399 e. The minimum atomic E-state index is 0.829. The fraction of sp³-hybridized carbons (Fsp3) is 0.0909. The lowest BCUT2D eigenvalue weighted by atomic mass is 10.1. The summed E-state index contributed by atoms with van der Waals surface area (Å²) in [7, 11) is 0. The Bertz CT molecular complexity index is 964. The molecule has 0 saturated carbocycles. The fourth-order valence-corrected chi connectivity index (χ4v) is 3.03. The Morgan fingerprint density at radius 1 is 0.800 bits per heavy atom. The van der Waals surface area contributed by atoms with Gasteiger partial charge in [0.1, 0.15) is 0 Å². The lowest BCUT2D eigenvalue weighted by Gasteiger charge is -1.97. The van der Waals surface area contributed by atoms with Crippen molar-refractivity contribution in [1.82, 2.24) is 4.98 Å². The van der Waals surface area contributed by atoms with Crippen LogP contribution in [0.15, 0.2) is 77.3 Å². The van der Waals surface area contributed by atoms with E-state index in [1.54, 1.807) is 0 Å². The molecule has 0 saturated heterocycles. The Morgan fingerprint density at radius 3 is 2.20 bits per heavy atom. The highest BCUT2D eigenvalue weighted by molar-refractivity contribution is 9.10. The van der Waals surface area contributed by atoms with Crippen molar-refractivity contribution in [3.05, 3.63) is 88.4 Å². The highest BCUT2D eigenvalue weighted by Gasteiger charge is 2.03. The molecule has 3 N–H and O–H groups in total. The quantitative estimate of drug-likeness (QED) is 0.357. The van der Waals surface area contributed by atoms with Crippen molar-refractivity contribution in [3.63, 3.8) is 0 Å². The van der Waals surface area contributed by atoms with E-state index in [0.717, 1.165) is 15.9 Å². The molecule has 25 heavy (non-hydrogen) atoms. The van der Waals surface area contributed by atoms with Crippen molar-refractivity contribution < 1.29 is 0 Å². The molecule has 0 amide bonds. The first-order valence-corrected chi connectivity index (χ1v) is 8.98. The van der Waals surface area contributed by atoms with E-state index in [2.05, 4.69) is 70.3 Å². The SMILES string of the molecule is Cc1ccc(N)cc1.Cc1ccc2[nH]c(-c3cccc(Br)c3)cc2c1. The van der Waals surface area contributed by atoms with Gasteiger partial charge in [0.05, 0.1) is 0 Å². The highest BCUT2D eigenvalue weighted by atomic mass is 79.9. The summed E-state index contributed by atoms with van der Waals surface area (Å²) >= 11 is 3.50. The minimum Gasteiger partial charge on any atom is -0.399 e. The zero-order valence-electron chi connectivity index (χ0n) is 14.4. The molecule has 0 spiro atoms. The summed E-state index contributed by atoms with van der Waals surface area (Å²) in [6.45, 7) is 4.16. The molecule has 1 heterocycles. The summed E-state index contributed by atoms with van der Waals surface area (Å²) in [4.78, 5) is 3.45. The van der Waals surface area contributed by atoms with Gasteiger partial charge in [0.25, 0.3) is 0 Å². The number of aryl methyl sites for hydroxylation is 2. The van der Waals surface area contributed by atoms with Gasteiger partial charge in [-0.2, -0.15) is 0 Å². The lowest BCUT2D eigenvalue weighted by Crippen LogP contribution is -1.81. The van der Waals surface area contributed by atoms with Crippen molar-refractivity contribution in [3.8, 4) is 11.3 Å². The van der Waals surface area contributed by atoms with Crippen molar-refractivity contribution in [1.29, 1.82) is 0 Å². The lowest BCUT2D eigenvalue weighted by molar-refractivity contribution is 1.44. The number of rotatable bonds is 1. The summed E-state index contributed by atoms with van der Waals surface area (Å²) in [5, 5.41) is 1.26. The Kier molecular flexibility index (Phi) is 5.25. The van der Waals surface area contributed by atoms with E-state index in [9.17, 15) is 0 Å². The van der Waals surface area contributed by atoms with Gasteiger partial charge in [-0.1, -0.05) is 57.4 Å². The number of hydrogen-bond donors (Lipinski definition) is 2. The van der Waals surface area contributed by atoms with E-state index in [4.69, 9.17) is 5.73 Å². The molecule has 3 aromatic carbocycles. The standard InChI is InChI=1S/C15H12BrN.C7H9N/c1-10-5-6-14-12(7-10)9-15(17-14)11-3-2-4-13(16)8-11;1-6-2-4-7(8)5-3-6/h2-9,17H,1H3;2-5H,8H2,1H3. The Labute approximate surface area is 156 Å². The van der Waals surface area contributed by atoms with Gasteiger partial charge in [0.2, 0.25) is 0 Å². The molecule has 3 heteroatoms. The molecular formula is C22H21BrN2. The van der Waals surface area contributed by atoms with Crippen LogP contribution < -0.4 is 5.73 Å². The predicted octanol–water partition coefficient (Wildman–Crippen LogP) is 6.48. The first kappa shape index (κ1) is 17.3. The van der Waals surface area contributed by atoms with Crippen LogP contribution in [0.3, 0.4) is 0 Å². The van der Waals surface area contributed by atoms with E-state index < -0.39 is 0 Å². The monoisotopic (exact) mass is 392 g/mol. The maximum Gasteiger partial charge on any atom is 0.0465 e. The second-order valence-electron chi connectivity index (χ2n) is 6.19. The molecule has 2 nitrogen and oxygen atoms in total. The number of nitrogens with one attached hydrogen (secondary N) is 1. The average Bonchev–Trinajstić information content (AvgIpc) is 3.01. The number of aromatic amines is 1. The first-order valence-electron chi connectivity index (χ1n) is 8.19. The number of H-pyrrole nitrogens is 1. The first-order chi connectivity index (χ1) is 12.0. The summed E-state index contributed by atoms with van der Waals surface area (Å²) in [6.07, 6.45) is 0. The van der Waals surface area contributed by atoms with Crippen molar-refractivity contribution in [2.45, 2.75) is 13.8 Å². The average molecular weight is 393 g/mol. The van der Waals surface area contributed by atoms with Crippen LogP contribution in [0.5, 0.6) is 0 Å². The number of aromatic nitrogens is 1. The van der Waals surface area contributed by atoms with E-state index in [1.165, 1.54) is 27.6 Å². The minimum absolute atomic E-state index is 0.829. The maximum atomic E-state index is 5.43. The number of halogens is 1. The van der Waals surface area contributed by atoms with E-state index >= 15 is 0 Å². The van der Waals surface area contributed by atoms with Crippen LogP contribution in [0.1, 0.15) is 11.1 Å². The molecular weight excluding hydrogens is 372 g/mol. The van der Waals surface area contributed by atoms with Gasteiger partial charge in [-0.05, 0) is 61.9 Å². The third-order valence-corrected chi connectivity index (χ3v) is 4.48. The molecule has 0 aliphatic carbocycles. The smallest absolute Gasteiger partial charge is 0.0465 e. The van der Waals surface area contributed by atoms with Crippen LogP contribution in [0.4, 0.5) is 5.69 Å². The van der Waals surface area contributed by atoms with Crippen LogP contribution in [-0.4, -0.2) is 4.98 Å². The summed E-state index contributed by atoms with van der Waals surface area (Å²) < 4.78 is 1.10. The second kappa shape index (κ2) is 7.58. The van der Waals surface area contributed by atoms with Crippen LogP contribution >= 0.6 is 15.9 Å². The van der Waals surface area contributed by atoms with Gasteiger partial charge >= 0.3 is 0 Å². The van der Waals surface area contributed by atoms with Crippen LogP contribution in [0.2, 0.25) is 0 Å². The number of fused-ring (bicyclic) bond motifs is 1. The van der Waals surface area contributed by atoms with E-state index in [-0.39, 0.29) is 0 Å². The molecule has 0 aliphatic rings. The Hall–Kier alpha value is -2.52. The Morgan fingerprint density at radius 2 is 1.52 bits per heavy atom. The second-order valence-corrected chi connectivity index (χ2v) is 7.11. The number of nitrogen functional groups attached to an aromatic ring is 1. The molecule has 0 radical (unpaired) electrons. The molecule has 0 atom stereocenters. The van der Waals surface area contributed by atoms with Crippen LogP contribution in [0, 0.1) is 13.8 Å². The molecule has 0 aliphatic heterocycles. The summed E-state index contributed by atoms with van der Waals surface area (Å²) in [5.74, 6) is 0. The summed E-state index contributed by atoms with van der Waals surface area (Å²) in [5.41, 5.74) is 12.3. The number of hydrogen-bond acceptors (Lipinski definition) is 1. The molecule has 0 unspecified atom stereocenters. The van der Waals surface area contributed by atoms with Gasteiger partial charge < -0.3 is 10.7 Å². The van der Waals surface area contributed by atoms with Crippen LogP contribution in [-0.2, 0) is 0 Å². The normalized spacial score (nSPS) is 10.4. The summed E-state index contributed by atoms with van der Waals surface area (Å²) in [6, 6.07) is 24.8. The maximum absolute atomic E-state index is 5.43. The fourth-order valence-electron chi connectivity index (χ4n) is 2.63. The number of nitrogens with two attached hydrogens (primary N) is 1. The van der Waals surface area contributed by atoms with Gasteiger partial charge in [-0.25, -0.2) is 0 Å². The van der Waals surface area contributed by atoms with Gasteiger partial charge in [0.15, 0.2) is 0 Å².